The molecule has 1 atom stereocenters. The average Bonchev–Trinajstić information content (AvgIpc) is 3.17. The Labute approximate surface area is 116 Å². The lowest BCUT2D eigenvalue weighted by Crippen LogP contribution is -2.12. The second kappa shape index (κ2) is 4.68. The van der Waals surface area contributed by atoms with Crippen molar-refractivity contribution in [1.82, 2.24) is 20.4 Å². The standard InChI is InChI=1S/C15H14N4O/c1-2-5-11-10(4-1)7-8-12(17-11)14-18-15(20-19-14)13-6-3-9-16-13/h1-2,4-5,7-8,13,16H,3,6,9H2/t13-/m1/s1. The van der Waals surface area contributed by atoms with Gasteiger partial charge in [0.25, 0.3) is 0 Å². The van der Waals surface area contributed by atoms with E-state index in [2.05, 4.69) is 20.4 Å². The van der Waals surface area contributed by atoms with Crippen LogP contribution in [0.5, 0.6) is 0 Å². The van der Waals surface area contributed by atoms with Gasteiger partial charge < -0.3 is 9.84 Å². The van der Waals surface area contributed by atoms with Gasteiger partial charge in [-0.05, 0) is 31.5 Å². The van der Waals surface area contributed by atoms with Gasteiger partial charge in [0.2, 0.25) is 11.7 Å². The number of aromatic nitrogens is 3. The van der Waals surface area contributed by atoms with E-state index >= 15 is 0 Å². The van der Waals surface area contributed by atoms with Crippen LogP contribution in [0.2, 0.25) is 0 Å². The maximum atomic E-state index is 5.35. The van der Waals surface area contributed by atoms with Crippen LogP contribution in [0.1, 0.15) is 24.8 Å². The number of hydrogen-bond donors (Lipinski definition) is 1. The van der Waals surface area contributed by atoms with Gasteiger partial charge in [-0.25, -0.2) is 4.98 Å². The molecule has 3 aromatic rings. The van der Waals surface area contributed by atoms with Crippen LogP contribution in [0, 0.1) is 0 Å². The molecule has 0 unspecified atom stereocenters. The van der Waals surface area contributed by atoms with Crippen LogP contribution in [0.4, 0.5) is 0 Å². The lowest BCUT2D eigenvalue weighted by atomic mass is 10.2. The minimum Gasteiger partial charge on any atom is -0.337 e. The summed E-state index contributed by atoms with van der Waals surface area (Å²) in [7, 11) is 0. The number of para-hydroxylation sites is 1. The van der Waals surface area contributed by atoms with Crippen molar-refractivity contribution in [1.29, 1.82) is 0 Å². The Kier molecular flexibility index (Phi) is 2.70. The number of pyridine rings is 1. The van der Waals surface area contributed by atoms with Gasteiger partial charge in [0.05, 0.1) is 11.6 Å². The molecule has 0 saturated carbocycles. The molecule has 1 fully saturated rings. The number of hydrogen-bond acceptors (Lipinski definition) is 5. The highest BCUT2D eigenvalue weighted by Gasteiger charge is 2.22. The molecule has 1 aliphatic heterocycles. The normalized spacial score (nSPS) is 18.7. The summed E-state index contributed by atoms with van der Waals surface area (Å²) in [5.41, 5.74) is 1.69. The molecule has 0 bridgehead atoms. The molecular weight excluding hydrogens is 252 g/mol. The lowest BCUT2D eigenvalue weighted by molar-refractivity contribution is 0.345. The molecule has 1 N–H and O–H groups in total. The largest absolute Gasteiger partial charge is 0.337 e. The Hall–Kier alpha value is -2.27. The summed E-state index contributed by atoms with van der Waals surface area (Å²) >= 11 is 0. The molecule has 3 heterocycles. The number of fused-ring (bicyclic) bond motifs is 1. The van der Waals surface area contributed by atoms with Crippen LogP contribution in [-0.4, -0.2) is 21.7 Å². The molecule has 4 rings (SSSR count). The first-order valence-corrected chi connectivity index (χ1v) is 6.83. The topological polar surface area (TPSA) is 63.8 Å². The van der Waals surface area contributed by atoms with Crippen LogP contribution in [0.3, 0.4) is 0 Å². The van der Waals surface area contributed by atoms with Crippen molar-refractivity contribution in [2.24, 2.45) is 0 Å². The molecule has 100 valence electrons. The smallest absolute Gasteiger partial charge is 0.244 e. The monoisotopic (exact) mass is 266 g/mol. The van der Waals surface area contributed by atoms with Crippen molar-refractivity contribution in [3.63, 3.8) is 0 Å². The Morgan fingerprint density at radius 1 is 1.10 bits per heavy atom. The molecule has 0 radical (unpaired) electrons. The van der Waals surface area contributed by atoms with E-state index in [1.165, 1.54) is 0 Å². The zero-order valence-corrected chi connectivity index (χ0v) is 10.9. The van der Waals surface area contributed by atoms with E-state index in [0.29, 0.717) is 11.7 Å². The van der Waals surface area contributed by atoms with E-state index < -0.39 is 0 Å². The Morgan fingerprint density at radius 3 is 2.95 bits per heavy atom. The van der Waals surface area contributed by atoms with Gasteiger partial charge in [0, 0.05) is 5.39 Å². The summed E-state index contributed by atoms with van der Waals surface area (Å²) in [6.45, 7) is 1.01. The Bertz CT molecular complexity index is 746. The zero-order valence-electron chi connectivity index (χ0n) is 10.9. The summed E-state index contributed by atoms with van der Waals surface area (Å²) in [4.78, 5) is 9.05. The fourth-order valence-electron chi connectivity index (χ4n) is 2.57. The van der Waals surface area contributed by atoms with Crippen molar-refractivity contribution in [3.8, 4) is 11.5 Å². The van der Waals surface area contributed by atoms with Crippen LogP contribution in [0.25, 0.3) is 22.4 Å². The molecule has 5 nitrogen and oxygen atoms in total. The molecule has 1 aliphatic rings. The molecule has 2 aromatic heterocycles. The molecule has 1 saturated heterocycles. The minimum atomic E-state index is 0.191. The SMILES string of the molecule is c1ccc2nc(-c3noc([C@H]4CCCN4)n3)ccc2c1. The number of benzene rings is 1. The number of nitrogens with one attached hydrogen (secondary N) is 1. The Morgan fingerprint density at radius 2 is 2.05 bits per heavy atom. The molecule has 0 spiro atoms. The summed E-state index contributed by atoms with van der Waals surface area (Å²) < 4.78 is 5.35. The molecular formula is C15H14N4O. The third-order valence-electron chi connectivity index (χ3n) is 3.63. The van der Waals surface area contributed by atoms with Gasteiger partial charge in [-0.2, -0.15) is 4.98 Å². The predicted octanol–water partition coefficient (Wildman–Crippen LogP) is 2.71. The summed E-state index contributed by atoms with van der Waals surface area (Å²) in [5.74, 6) is 1.21. The van der Waals surface area contributed by atoms with Gasteiger partial charge in [0.15, 0.2) is 0 Å². The van der Waals surface area contributed by atoms with Crippen molar-refractivity contribution >= 4 is 10.9 Å². The molecule has 5 heteroatoms. The minimum absolute atomic E-state index is 0.191. The molecule has 0 aliphatic carbocycles. The van der Waals surface area contributed by atoms with Crippen molar-refractivity contribution in [3.05, 3.63) is 42.3 Å². The first kappa shape index (κ1) is 11.5. The first-order chi connectivity index (χ1) is 9.90. The van der Waals surface area contributed by atoms with Crippen molar-refractivity contribution in [2.45, 2.75) is 18.9 Å². The van der Waals surface area contributed by atoms with Gasteiger partial charge in [-0.15, -0.1) is 0 Å². The van der Waals surface area contributed by atoms with Gasteiger partial charge in [-0.1, -0.05) is 29.4 Å². The highest BCUT2D eigenvalue weighted by atomic mass is 16.5. The Balaban J connectivity index is 1.71. The third-order valence-corrected chi connectivity index (χ3v) is 3.63. The second-order valence-electron chi connectivity index (χ2n) is 4.99. The van der Waals surface area contributed by atoms with E-state index in [9.17, 15) is 0 Å². The van der Waals surface area contributed by atoms with E-state index in [4.69, 9.17) is 4.52 Å². The third kappa shape index (κ3) is 1.96. The predicted molar refractivity (Wildman–Crippen MR) is 75.0 cm³/mol. The van der Waals surface area contributed by atoms with Crippen LogP contribution in [-0.2, 0) is 0 Å². The van der Waals surface area contributed by atoms with Crippen LogP contribution < -0.4 is 5.32 Å². The van der Waals surface area contributed by atoms with Crippen molar-refractivity contribution < 1.29 is 4.52 Å². The zero-order chi connectivity index (χ0) is 13.4. The maximum Gasteiger partial charge on any atom is 0.244 e. The first-order valence-electron chi connectivity index (χ1n) is 6.83. The summed E-state index contributed by atoms with van der Waals surface area (Å²) in [5, 5.41) is 8.51. The molecule has 20 heavy (non-hydrogen) atoms. The number of rotatable bonds is 2. The molecule has 1 aromatic carbocycles. The number of nitrogens with zero attached hydrogens (tertiary/aromatic N) is 3. The van der Waals surface area contributed by atoms with Crippen molar-refractivity contribution in [2.75, 3.05) is 6.54 Å². The average molecular weight is 266 g/mol. The summed E-state index contributed by atoms with van der Waals surface area (Å²) in [6.07, 6.45) is 2.20. The van der Waals surface area contributed by atoms with Crippen LogP contribution in [0.15, 0.2) is 40.9 Å². The fraction of sp³-hybridized carbons (Fsp3) is 0.267. The highest BCUT2D eigenvalue weighted by Crippen LogP contribution is 2.24. The lowest BCUT2D eigenvalue weighted by Gasteiger charge is -2.01. The van der Waals surface area contributed by atoms with E-state index in [-0.39, 0.29) is 6.04 Å². The van der Waals surface area contributed by atoms with E-state index in [0.717, 1.165) is 36.0 Å². The fourth-order valence-corrected chi connectivity index (χ4v) is 2.57. The van der Waals surface area contributed by atoms with E-state index in [1.807, 2.05) is 36.4 Å². The summed E-state index contributed by atoms with van der Waals surface area (Å²) in [6, 6.07) is 12.1. The second-order valence-corrected chi connectivity index (χ2v) is 4.99. The van der Waals surface area contributed by atoms with Crippen LogP contribution >= 0.6 is 0 Å². The quantitative estimate of drug-likeness (QED) is 0.772. The highest BCUT2D eigenvalue weighted by molar-refractivity contribution is 5.80. The van der Waals surface area contributed by atoms with Gasteiger partial charge in [0.1, 0.15) is 5.69 Å². The van der Waals surface area contributed by atoms with Gasteiger partial charge >= 0.3 is 0 Å². The molecule has 0 amide bonds. The maximum absolute atomic E-state index is 5.35. The van der Waals surface area contributed by atoms with E-state index in [1.54, 1.807) is 0 Å². The van der Waals surface area contributed by atoms with Gasteiger partial charge in [-0.3, -0.25) is 0 Å².